The maximum atomic E-state index is 8.85. The number of nitrogens with two attached hydrogens (primary N) is 2. The van der Waals surface area contributed by atoms with Gasteiger partial charge in [-0.3, -0.25) is 5.84 Å². The van der Waals surface area contributed by atoms with Gasteiger partial charge in [0.15, 0.2) is 0 Å². The number of hydrogen-bond acceptors (Lipinski definition) is 6. The fourth-order valence-corrected chi connectivity index (χ4v) is 3.96. The molecule has 0 bridgehead atoms. The largest absolute Gasteiger partial charge is 0.397 e. The Hall–Kier alpha value is -1.72. The van der Waals surface area contributed by atoms with E-state index >= 15 is 0 Å². The number of nitrogens with one attached hydrogen (secondary N) is 1. The predicted octanol–water partition coefficient (Wildman–Crippen LogP) is 4.74. The van der Waals surface area contributed by atoms with Crippen molar-refractivity contribution in [2.24, 2.45) is 11.3 Å². The van der Waals surface area contributed by atoms with Gasteiger partial charge in [0, 0.05) is 18.0 Å². The Kier molecular flexibility index (Phi) is 6.95. The van der Waals surface area contributed by atoms with Gasteiger partial charge in [0.2, 0.25) is 0 Å². The van der Waals surface area contributed by atoms with Crippen LogP contribution in [0.4, 0.5) is 11.4 Å². The molecule has 0 heterocycles. The summed E-state index contributed by atoms with van der Waals surface area (Å²) in [6, 6.07) is 13.6. The number of nitrogens with zero attached hydrogens (tertiary/aromatic N) is 2. The molecule has 0 saturated carbocycles. The number of nitriles is 1. The van der Waals surface area contributed by atoms with Crippen LogP contribution in [-0.2, 0) is 6.54 Å². The molecule has 0 radical (unpaired) electrons. The highest BCUT2D eigenvalue weighted by Crippen LogP contribution is 2.38. The SMILES string of the molecule is CC(C)(C)CN(N)Sc1ccc(NCc2ccc(C#N)cc2)c(Br)c1N. The molecular weight excluding hydrogens is 410 g/mol. The van der Waals surface area contributed by atoms with Crippen molar-refractivity contribution < 1.29 is 0 Å². The molecule has 0 spiro atoms. The number of anilines is 2. The number of nitrogen functional groups attached to an aromatic ring is 1. The Balaban J connectivity index is 2.05. The lowest BCUT2D eigenvalue weighted by Crippen LogP contribution is -2.32. The maximum absolute atomic E-state index is 8.85. The van der Waals surface area contributed by atoms with E-state index in [9.17, 15) is 0 Å². The van der Waals surface area contributed by atoms with Crippen molar-refractivity contribution in [2.75, 3.05) is 17.6 Å². The first kappa shape index (κ1) is 20.6. The lowest BCUT2D eigenvalue weighted by Gasteiger charge is -2.25. The van der Waals surface area contributed by atoms with Crippen molar-refractivity contribution in [3.05, 3.63) is 52.0 Å². The molecular formula is C19H24BrN5S. The predicted molar refractivity (Wildman–Crippen MR) is 113 cm³/mol. The van der Waals surface area contributed by atoms with E-state index in [1.807, 2.05) is 36.4 Å². The number of hydrazine groups is 1. The maximum Gasteiger partial charge on any atom is 0.0991 e. The van der Waals surface area contributed by atoms with E-state index in [1.165, 1.54) is 11.9 Å². The van der Waals surface area contributed by atoms with Crippen molar-refractivity contribution >= 4 is 39.3 Å². The van der Waals surface area contributed by atoms with Crippen LogP contribution in [0, 0.1) is 16.7 Å². The Morgan fingerprint density at radius 3 is 2.42 bits per heavy atom. The molecule has 2 aromatic rings. The molecule has 0 amide bonds. The average molecular weight is 434 g/mol. The Morgan fingerprint density at radius 2 is 1.85 bits per heavy atom. The molecule has 0 aliphatic rings. The van der Waals surface area contributed by atoms with Gasteiger partial charge in [-0.15, -0.1) is 0 Å². The third-order valence-corrected chi connectivity index (χ3v) is 5.32. The van der Waals surface area contributed by atoms with Crippen molar-refractivity contribution in [3.8, 4) is 6.07 Å². The van der Waals surface area contributed by atoms with Crippen LogP contribution >= 0.6 is 27.9 Å². The molecule has 0 aliphatic carbocycles. The summed E-state index contributed by atoms with van der Waals surface area (Å²) in [5.41, 5.74) is 9.70. The van der Waals surface area contributed by atoms with E-state index in [2.05, 4.69) is 48.1 Å². The minimum absolute atomic E-state index is 0.107. The second kappa shape index (κ2) is 8.78. The normalized spacial score (nSPS) is 11.4. The number of rotatable bonds is 6. The van der Waals surface area contributed by atoms with Crippen LogP contribution in [0.25, 0.3) is 0 Å². The first-order valence-electron chi connectivity index (χ1n) is 8.21. The van der Waals surface area contributed by atoms with Gasteiger partial charge in [-0.25, -0.2) is 0 Å². The van der Waals surface area contributed by atoms with Gasteiger partial charge in [0.25, 0.3) is 0 Å². The van der Waals surface area contributed by atoms with E-state index in [1.54, 1.807) is 4.41 Å². The second-order valence-corrected chi connectivity index (χ2v) is 9.11. The zero-order valence-electron chi connectivity index (χ0n) is 15.2. The van der Waals surface area contributed by atoms with E-state index in [4.69, 9.17) is 16.8 Å². The Morgan fingerprint density at radius 1 is 1.19 bits per heavy atom. The molecule has 0 unspecified atom stereocenters. The fraction of sp³-hybridized carbons (Fsp3) is 0.316. The minimum atomic E-state index is 0.107. The molecule has 0 aliphatic heterocycles. The highest BCUT2D eigenvalue weighted by atomic mass is 79.9. The van der Waals surface area contributed by atoms with Gasteiger partial charge < -0.3 is 11.1 Å². The van der Waals surface area contributed by atoms with E-state index in [0.717, 1.165) is 27.2 Å². The van der Waals surface area contributed by atoms with Crippen LogP contribution in [0.3, 0.4) is 0 Å². The topological polar surface area (TPSA) is 91.1 Å². The van der Waals surface area contributed by atoms with Crippen LogP contribution < -0.4 is 16.9 Å². The Labute approximate surface area is 168 Å². The third kappa shape index (κ3) is 5.92. The number of benzene rings is 2. The van der Waals surface area contributed by atoms with Crippen LogP contribution in [0.2, 0.25) is 0 Å². The zero-order valence-corrected chi connectivity index (χ0v) is 17.6. The highest BCUT2D eigenvalue weighted by molar-refractivity contribution is 9.10. The number of hydrogen-bond donors (Lipinski definition) is 3. The molecule has 5 N–H and O–H groups in total. The van der Waals surface area contributed by atoms with Gasteiger partial charge >= 0.3 is 0 Å². The summed E-state index contributed by atoms with van der Waals surface area (Å²) in [5.74, 6) is 6.09. The lowest BCUT2D eigenvalue weighted by molar-refractivity contribution is 0.305. The summed E-state index contributed by atoms with van der Waals surface area (Å²) < 4.78 is 2.53. The van der Waals surface area contributed by atoms with Gasteiger partial charge in [-0.05, 0) is 63.1 Å². The zero-order chi connectivity index (χ0) is 19.3. The van der Waals surface area contributed by atoms with Crippen LogP contribution in [0.15, 0.2) is 45.8 Å². The molecule has 0 aromatic heterocycles. The summed E-state index contributed by atoms with van der Waals surface area (Å²) in [4.78, 5) is 0.910. The highest BCUT2D eigenvalue weighted by Gasteiger charge is 2.17. The smallest absolute Gasteiger partial charge is 0.0991 e. The molecule has 0 saturated heterocycles. The second-order valence-electron chi connectivity index (χ2n) is 7.23. The van der Waals surface area contributed by atoms with Gasteiger partial charge in [-0.2, -0.15) is 9.68 Å². The first-order valence-corrected chi connectivity index (χ1v) is 9.77. The van der Waals surface area contributed by atoms with Gasteiger partial charge in [0.1, 0.15) is 0 Å². The molecule has 0 atom stereocenters. The standard InChI is InChI=1S/C19H24BrN5S/c1-19(2,3)12-25(23)26-16-9-8-15(17(20)18(16)22)24-11-14-6-4-13(10-21)5-7-14/h4-9,24H,11-12,22-23H2,1-3H3. The summed E-state index contributed by atoms with van der Waals surface area (Å²) in [6.07, 6.45) is 0. The monoisotopic (exact) mass is 433 g/mol. The molecule has 2 aromatic carbocycles. The molecule has 138 valence electrons. The van der Waals surface area contributed by atoms with Crippen molar-refractivity contribution in [1.82, 2.24) is 4.41 Å². The number of halogens is 1. The molecule has 7 heteroatoms. The van der Waals surface area contributed by atoms with E-state index < -0.39 is 0 Å². The Bertz CT molecular complexity index is 793. The lowest BCUT2D eigenvalue weighted by atomic mass is 9.98. The van der Waals surface area contributed by atoms with Gasteiger partial charge in [-0.1, -0.05) is 32.9 Å². The van der Waals surface area contributed by atoms with Crippen LogP contribution in [-0.4, -0.2) is 11.0 Å². The van der Waals surface area contributed by atoms with Crippen molar-refractivity contribution in [1.29, 1.82) is 5.26 Å². The van der Waals surface area contributed by atoms with Crippen LogP contribution in [0.5, 0.6) is 0 Å². The molecule has 5 nitrogen and oxygen atoms in total. The minimum Gasteiger partial charge on any atom is -0.397 e. The van der Waals surface area contributed by atoms with E-state index in [-0.39, 0.29) is 5.41 Å². The molecule has 2 rings (SSSR count). The van der Waals surface area contributed by atoms with Crippen molar-refractivity contribution in [3.63, 3.8) is 0 Å². The first-order chi connectivity index (χ1) is 12.2. The summed E-state index contributed by atoms with van der Waals surface area (Å²) in [7, 11) is 0. The quantitative estimate of drug-likeness (QED) is 0.263. The third-order valence-electron chi connectivity index (χ3n) is 3.55. The summed E-state index contributed by atoms with van der Waals surface area (Å²) in [6.45, 7) is 7.81. The van der Waals surface area contributed by atoms with Crippen molar-refractivity contribution in [2.45, 2.75) is 32.2 Å². The fourth-order valence-electron chi connectivity index (χ4n) is 2.31. The molecule has 0 fully saturated rings. The molecule has 26 heavy (non-hydrogen) atoms. The summed E-state index contributed by atoms with van der Waals surface area (Å²) in [5, 5.41) is 12.2. The van der Waals surface area contributed by atoms with Gasteiger partial charge in [0.05, 0.1) is 27.5 Å². The van der Waals surface area contributed by atoms with Crippen LogP contribution in [0.1, 0.15) is 31.9 Å². The van der Waals surface area contributed by atoms with E-state index in [0.29, 0.717) is 17.8 Å². The summed E-state index contributed by atoms with van der Waals surface area (Å²) >= 11 is 5.01. The average Bonchev–Trinajstić information content (AvgIpc) is 2.57.